The highest BCUT2D eigenvalue weighted by Crippen LogP contribution is 2.46. The molecule has 0 radical (unpaired) electrons. The average Bonchev–Trinajstić information content (AvgIpc) is 2.52. The van der Waals surface area contributed by atoms with Crippen LogP contribution in [-0.2, 0) is 20.8 Å². The maximum absolute atomic E-state index is 13.0. The molecule has 11 heteroatoms. The largest absolute Gasteiger partial charge is 0.417 e. The van der Waals surface area contributed by atoms with Gasteiger partial charge in [0.25, 0.3) is 0 Å². The van der Waals surface area contributed by atoms with Crippen molar-refractivity contribution in [3.63, 3.8) is 0 Å². The smallest absolute Gasteiger partial charge is 0.381 e. The standard InChI is InChI=1S/C16H19ClF3N3O3S/c17-12-5-10(16(18,19)20)6-21-13(12)27(24,25)14-15(7-22-14)8-23(9-15)11-1-3-26-4-2-11/h5-6,11,14,22H,1-4,7-9H2. The van der Waals surface area contributed by atoms with Crippen LogP contribution < -0.4 is 5.32 Å². The molecular weight excluding hydrogens is 407 g/mol. The van der Waals surface area contributed by atoms with Gasteiger partial charge in [-0.1, -0.05) is 11.6 Å². The lowest BCUT2D eigenvalue weighted by atomic mass is 9.73. The van der Waals surface area contributed by atoms with Gasteiger partial charge in [0.1, 0.15) is 5.37 Å². The van der Waals surface area contributed by atoms with Crippen LogP contribution in [-0.4, -0.2) is 62.6 Å². The van der Waals surface area contributed by atoms with Gasteiger partial charge < -0.3 is 4.74 Å². The predicted octanol–water partition coefficient (Wildman–Crippen LogP) is 1.94. The van der Waals surface area contributed by atoms with Crippen molar-refractivity contribution in [2.24, 2.45) is 5.41 Å². The van der Waals surface area contributed by atoms with Crippen LogP contribution in [0.25, 0.3) is 0 Å². The van der Waals surface area contributed by atoms with Gasteiger partial charge in [-0.05, 0) is 18.9 Å². The molecule has 1 aromatic rings. The lowest BCUT2D eigenvalue weighted by Gasteiger charge is -2.62. The molecule has 0 saturated carbocycles. The van der Waals surface area contributed by atoms with Crippen molar-refractivity contribution in [2.75, 3.05) is 32.8 Å². The number of likely N-dealkylation sites (tertiary alicyclic amines) is 1. The van der Waals surface area contributed by atoms with E-state index in [2.05, 4.69) is 15.2 Å². The van der Waals surface area contributed by atoms with Crippen molar-refractivity contribution in [2.45, 2.75) is 35.5 Å². The van der Waals surface area contributed by atoms with Gasteiger partial charge in [0, 0.05) is 50.5 Å². The third-order valence-corrected chi connectivity index (χ3v) is 8.21. The summed E-state index contributed by atoms with van der Waals surface area (Å²) in [5.74, 6) is 0. The molecule has 0 aliphatic carbocycles. The Morgan fingerprint density at radius 3 is 2.48 bits per heavy atom. The first-order valence-corrected chi connectivity index (χ1v) is 10.6. The molecule has 1 aromatic heterocycles. The van der Waals surface area contributed by atoms with E-state index in [1.807, 2.05) is 0 Å². The summed E-state index contributed by atoms with van der Waals surface area (Å²) in [7, 11) is -3.99. The minimum Gasteiger partial charge on any atom is -0.381 e. The summed E-state index contributed by atoms with van der Waals surface area (Å²) in [6.45, 7) is 3.23. The molecule has 4 rings (SSSR count). The first-order valence-electron chi connectivity index (χ1n) is 8.65. The zero-order chi connectivity index (χ0) is 19.4. The normalized spacial score (nSPS) is 26.6. The second-order valence-corrected chi connectivity index (χ2v) is 9.78. The summed E-state index contributed by atoms with van der Waals surface area (Å²) in [5, 5.41) is 1.02. The van der Waals surface area contributed by atoms with E-state index >= 15 is 0 Å². The number of nitrogens with one attached hydrogen (secondary N) is 1. The molecule has 0 aromatic carbocycles. The summed E-state index contributed by atoms with van der Waals surface area (Å²) in [6, 6.07) is 1.00. The molecule has 150 valence electrons. The molecule has 0 bridgehead atoms. The van der Waals surface area contributed by atoms with Crippen molar-refractivity contribution in [3.05, 3.63) is 22.8 Å². The number of aromatic nitrogens is 1. The van der Waals surface area contributed by atoms with Gasteiger partial charge in [-0.25, -0.2) is 13.4 Å². The molecule has 6 nitrogen and oxygen atoms in total. The van der Waals surface area contributed by atoms with Gasteiger partial charge in [-0.15, -0.1) is 0 Å². The second-order valence-electron chi connectivity index (χ2n) is 7.43. The van der Waals surface area contributed by atoms with E-state index in [4.69, 9.17) is 16.3 Å². The van der Waals surface area contributed by atoms with E-state index in [0.717, 1.165) is 12.8 Å². The summed E-state index contributed by atoms with van der Waals surface area (Å²) >= 11 is 5.86. The van der Waals surface area contributed by atoms with Crippen LogP contribution in [0.4, 0.5) is 13.2 Å². The summed E-state index contributed by atoms with van der Waals surface area (Å²) in [4.78, 5) is 5.80. The van der Waals surface area contributed by atoms with Crippen molar-refractivity contribution in [3.8, 4) is 0 Å². The fourth-order valence-electron chi connectivity index (χ4n) is 4.16. The Morgan fingerprint density at radius 1 is 1.30 bits per heavy atom. The van der Waals surface area contributed by atoms with Crippen molar-refractivity contribution in [1.29, 1.82) is 0 Å². The van der Waals surface area contributed by atoms with Crippen LogP contribution in [0.3, 0.4) is 0 Å². The Hall–Kier alpha value is -0.940. The van der Waals surface area contributed by atoms with Gasteiger partial charge in [0.05, 0.1) is 10.6 Å². The SMILES string of the molecule is O=S(=O)(c1ncc(C(F)(F)F)cc1Cl)C1NCC12CN(C1CCOCC1)C2. The van der Waals surface area contributed by atoms with E-state index in [-0.39, 0.29) is 0 Å². The first kappa shape index (κ1) is 19.4. The van der Waals surface area contributed by atoms with Crippen LogP contribution in [0.2, 0.25) is 5.02 Å². The molecule has 1 N–H and O–H groups in total. The fraction of sp³-hybridized carbons (Fsp3) is 0.688. The Kier molecular flexibility index (Phi) is 4.70. The van der Waals surface area contributed by atoms with Gasteiger partial charge in [-0.3, -0.25) is 10.2 Å². The number of ether oxygens (including phenoxy) is 1. The molecule has 3 fully saturated rings. The Bertz CT molecular complexity index is 837. The van der Waals surface area contributed by atoms with E-state index in [1.165, 1.54) is 0 Å². The fourth-order valence-corrected chi connectivity index (χ4v) is 6.60. The lowest BCUT2D eigenvalue weighted by Crippen LogP contribution is -2.79. The number of halogens is 4. The van der Waals surface area contributed by atoms with E-state index in [9.17, 15) is 21.6 Å². The zero-order valence-corrected chi connectivity index (χ0v) is 15.9. The van der Waals surface area contributed by atoms with Crippen LogP contribution in [0.15, 0.2) is 17.3 Å². The molecule has 3 aliphatic heterocycles. The maximum atomic E-state index is 13.0. The van der Waals surface area contributed by atoms with Crippen LogP contribution in [0.1, 0.15) is 18.4 Å². The highest BCUT2D eigenvalue weighted by atomic mass is 35.5. The third kappa shape index (κ3) is 3.25. The van der Waals surface area contributed by atoms with E-state index in [1.54, 1.807) is 0 Å². The first-order chi connectivity index (χ1) is 12.6. The quantitative estimate of drug-likeness (QED) is 0.798. The number of alkyl halides is 3. The van der Waals surface area contributed by atoms with Gasteiger partial charge in [0.2, 0.25) is 9.84 Å². The summed E-state index contributed by atoms with van der Waals surface area (Å²) in [6.07, 6.45) is -2.27. The highest BCUT2D eigenvalue weighted by Gasteiger charge is 2.61. The lowest BCUT2D eigenvalue weighted by molar-refractivity contribution is -0.137. The van der Waals surface area contributed by atoms with Gasteiger partial charge in [-0.2, -0.15) is 13.2 Å². The predicted molar refractivity (Wildman–Crippen MR) is 91.1 cm³/mol. The Morgan fingerprint density at radius 2 is 1.96 bits per heavy atom. The van der Waals surface area contributed by atoms with Crippen LogP contribution in [0.5, 0.6) is 0 Å². The molecule has 3 saturated heterocycles. The molecule has 1 unspecified atom stereocenters. The number of nitrogens with zero attached hydrogens (tertiary/aromatic N) is 2. The van der Waals surface area contributed by atoms with Gasteiger partial charge >= 0.3 is 6.18 Å². The monoisotopic (exact) mass is 425 g/mol. The molecule has 0 amide bonds. The topological polar surface area (TPSA) is 71.5 Å². The van der Waals surface area contributed by atoms with Crippen molar-refractivity contribution in [1.82, 2.24) is 15.2 Å². The number of hydrogen-bond donors (Lipinski definition) is 1. The zero-order valence-electron chi connectivity index (χ0n) is 14.3. The molecule has 3 aliphatic rings. The second kappa shape index (κ2) is 6.55. The van der Waals surface area contributed by atoms with E-state index < -0.39 is 42.4 Å². The highest BCUT2D eigenvalue weighted by molar-refractivity contribution is 7.92. The molecule has 1 atom stereocenters. The number of rotatable bonds is 3. The summed E-state index contributed by atoms with van der Waals surface area (Å²) in [5.41, 5.74) is -1.51. The minimum atomic E-state index is -4.63. The van der Waals surface area contributed by atoms with Gasteiger partial charge in [0.15, 0.2) is 5.03 Å². The molecular formula is C16H19ClF3N3O3S. The number of hydrogen-bond acceptors (Lipinski definition) is 6. The Balaban J connectivity index is 1.51. The third-order valence-electron chi connectivity index (χ3n) is 5.65. The maximum Gasteiger partial charge on any atom is 0.417 e. The summed E-state index contributed by atoms with van der Waals surface area (Å²) < 4.78 is 69.6. The number of pyridine rings is 1. The van der Waals surface area contributed by atoms with E-state index in [0.29, 0.717) is 51.2 Å². The van der Waals surface area contributed by atoms with Crippen LogP contribution in [0, 0.1) is 5.41 Å². The van der Waals surface area contributed by atoms with Crippen LogP contribution >= 0.6 is 11.6 Å². The molecule has 4 heterocycles. The Labute approximate surface area is 159 Å². The molecule has 1 spiro atoms. The average molecular weight is 426 g/mol. The molecule has 27 heavy (non-hydrogen) atoms. The van der Waals surface area contributed by atoms with Crippen molar-refractivity contribution < 1.29 is 26.3 Å². The number of sulfone groups is 1. The van der Waals surface area contributed by atoms with Crippen molar-refractivity contribution >= 4 is 21.4 Å². The minimum absolute atomic E-state index is 0.390.